The maximum absolute atomic E-state index is 5.26. The fourth-order valence-corrected chi connectivity index (χ4v) is 2.46. The van der Waals surface area contributed by atoms with Gasteiger partial charge in [-0.05, 0) is 25.2 Å². The smallest absolute Gasteiger partial charge is 0.225 e. The third-order valence-corrected chi connectivity index (χ3v) is 3.60. The monoisotopic (exact) mass is 255 g/mol. The Bertz CT molecular complexity index is 402. The molecule has 0 aromatic carbocycles. The largest absolute Gasteiger partial charge is 0.338 e. The fourth-order valence-electron chi connectivity index (χ4n) is 2.24. The molecule has 2 rings (SSSR count). The summed E-state index contributed by atoms with van der Waals surface area (Å²) in [5.74, 6) is 1.01. The Hall–Kier alpha value is -0.880. The van der Waals surface area contributed by atoms with Gasteiger partial charge in [0.2, 0.25) is 5.95 Å². The lowest BCUT2D eigenvalue weighted by atomic mass is 10.3. The van der Waals surface area contributed by atoms with E-state index in [1.54, 1.807) is 0 Å². The van der Waals surface area contributed by atoms with Gasteiger partial charge < -0.3 is 9.80 Å². The van der Waals surface area contributed by atoms with Crippen molar-refractivity contribution in [1.82, 2.24) is 19.7 Å². The lowest BCUT2D eigenvalue weighted by Crippen LogP contribution is -2.47. The van der Waals surface area contributed by atoms with Crippen LogP contribution in [-0.4, -0.2) is 52.4 Å². The van der Waals surface area contributed by atoms with Crippen molar-refractivity contribution < 1.29 is 0 Å². The molecule has 96 valence electrons. The van der Waals surface area contributed by atoms with Crippen LogP contribution < -0.4 is 4.90 Å². The highest BCUT2D eigenvalue weighted by Gasteiger charge is 2.19. The van der Waals surface area contributed by atoms with Gasteiger partial charge in [-0.15, -0.1) is 5.10 Å². The van der Waals surface area contributed by atoms with Gasteiger partial charge in [-0.25, -0.2) is 5.10 Å². The van der Waals surface area contributed by atoms with Gasteiger partial charge in [-0.3, -0.25) is 4.57 Å². The minimum Gasteiger partial charge on any atom is -0.338 e. The van der Waals surface area contributed by atoms with Gasteiger partial charge in [-0.2, -0.15) is 0 Å². The van der Waals surface area contributed by atoms with Gasteiger partial charge in [0.15, 0.2) is 4.77 Å². The molecule has 1 aliphatic heterocycles. The molecular weight excluding hydrogens is 234 g/mol. The number of aromatic amines is 1. The summed E-state index contributed by atoms with van der Waals surface area (Å²) >= 11 is 5.26. The van der Waals surface area contributed by atoms with E-state index in [1.807, 2.05) is 0 Å². The number of likely N-dealkylation sites (N-methyl/N-ethyl adjacent to an activating group) is 1. The Morgan fingerprint density at radius 1 is 1.24 bits per heavy atom. The first-order chi connectivity index (χ1) is 8.26. The van der Waals surface area contributed by atoms with Crippen molar-refractivity contribution in [2.75, 3.05) is 37.6 Å². The number of aromatic nitrogens is 3. The summed E-state index contributed by atoms with van der Waals surface area (Å²) in [6.07, 6.45) is 1.08. The molecular formula is C11H21N5S. The molecule has 1 aliphatic rings. The van der Waals surface area contributed by atoms with E-state index in [0.717, 1.165) is 56.4 Å². The molecule has 17 heavy (non-hydrogen) atoms. The van der Waals surface area contributed by atoms with Crippen molar-refractivity contribution in [1.29, 1.82) is 0 Å². The molecule has 0 bridgehead atoms. The lowest BCUT2D eigenvalue weighted by molar-refractivity contribution is 0.269. The Morgan fingerprint density at radius 3 is 2.53 bits per heavy atom. The number of H-pyrrole nitrogens is 1. The third-order valence-electron chi connectivity index (χ3n) is 3.29. The molecule has 5 nitrogen and oxygen atoms in total. The lowest BCUT2D eigenvalue weighted by Gasteiger charge is -2.34. The van der Waals surface area contributed by atoms with Gasteiger partial charge in [0, 0.05) is 32.7 Å². The van der Waals surface area contributed by atoms with Gasteiger partial charge >= 0.3 is 0 Å². The molecule has 2 heterocycles. The summed E-state index contributed by atoms with van der Waals surface area (Å²) < 4.78 is 2.84. The summed E-state index contributed by atoms with van der Waals surface area (Å²) in [5, 5.41) is 7.27. The zero-order valence-corrected chi connectivity index (χ0v) is 11.5. The highest BCUT2D eigenvalue weighted by Crippen LogP contribution is 2.14. The number of anilines is 1. The van der Waals surface area contributed by atoms with Gasteiger partial charge in [0.25, 0.3) is 0 Å². The Morgan fingerprint density at radius 2 is 1.94 bits per heavy atom. The second kappa shape index (κ2) is 5.64. The third kappa shape index (κ3) is 2.69. The molecule has 0 saturated carbocycles. The number of nitrogens with zero attached hydrogens (tertiary/aromatic N) is 4. The van der Waals surface area contributed by atoms with Gasteiger partial charge in [0.05, 0.1) is 0 Å². The van der Waals surface area contributed by atoms with E-state index in [-0.39, 0.29) is 0 Å². The molecule has 0 aliphatic carbocycles. The van der Waals surface area contributed by atoms with Crippen LogP contribution in [0.15, 0.2) is 0 Å². The van der Waals surface area contributed by atoms with Crippen LogP contribution in [0.5, 0.6) is 0 Å². The summed E-state index contributed by atoms with van der Waals surface area (Å²) in [6.45, 7) is 10.8. The normalized spacial score (nSPS) is 17.6. The molecule has 1 saturated heterocycles. The Labute approximate surface area is 107 Å². The first-order valence-corrected chi connectivity index (χ1v) is 6.79. The first-order valence-electron chi connectivity index (χ1n) is 6.38. The fraction of sp³-hybridized carbons (Fsp3) is 0.818. The molecule has 6 heteroatoms. The van der Waals surface area contributed by atoms with Crippen molar-refractivity contribution in [3.05, 3.63) is 4.77 Å². The highest BCUT2D eigenvalue weighted by atomic mass is 32.1. The predicted molar refractivity (Wildman–Crippen MR) is 72.0 cm³/mol. The van der Waals surface area contributed by atoms with Crippen molar-refractivity contribution in [3.8, 4) is 0 Å². The van der Waals surface area contributed by atoms with Crippen molar-refractivity contribution in [3.63, 3.8) is 0 Å². The van der Waals surface area contributed by atoms with E-state index in [0.29, 0.717) is 0 Å². The summed E-state index contributed by atoms with van der Waals surface area (Å²) in [4.78, 5) is 4.79. The van der Waals surface area contributed by atoms with E-state index in [4.69, 9.17) is 12.2 Å². The predicted octanol–water partition coefficient (Wildman–Crippen LogP) is 1.49. The van der Waals surface area contributed by atoms with E-state index < -0.39 is 0 Å². The second-order valence-electron chi connectivity index (χ2n) is 4.40. The van der Waals surface area contributed by atoms with Crippen molar-refractivity contribution in [2.45, 2.75) is 26.8 Å². The van der Waals surface area contributed by atoms with Crippen LogP contribution in [-0.2, 0) is 6.54 Å². The molecule has 0 unspecified atom stereocenters. The number of hydrogen-bond donors (Lipinski definition) is 1. The average molecular weight is 255 g/mol. The molecule has 0 radical (unpaired) electrons. The molecule has 1 aromatic heterocycles. The van der Waals surface area contributed by atoms with Crippen molar-refractivity contribution in [2.24, 2.45) is 0 Å². The van der Waals surface area contributed by atoms with E-state index >= 15 is 0 Å². The SMILES string of the molecule is CCCn1c(N2CCN(CC)CC2)n[nH]c1=S. The minimum atomic E-state index is 0.736. The van der Waals surface area contributed by atoms with Gasteiger partial charge in [0.1, 0.15) is 0 Å². The van der Waals surface area contributed by atoms with Crippen LogP contribution in [0.1, 0.15) is 20.3 Å². The molecule has 0 amide bonds. The molecule has 1 N–H and O–H groups in total. The van der Waals surface area contributed by atoms with Crippen molar-refractivity contribution >= 4 is 18.2 Å². The Balaban J connectivity index is 2.10. The maximum atomic E-state index is 5.26. The maximum Gasteiger partial charge on any atom is 0.225 e. The zero-order chi connectivity index (χ0) is 12.3. The molecule has 1 aromatic rings. The van der Waals surface area contributed by atoms with Crippen LogP contribution >= 0.6 is 12.2 Å². The van der Waals surface area contributed by atoms with Crippen LogP contribution in [0.4, 0.5) is 5.95 Å². The van der Waals surface area contributed by atoms with E-state index in [2.05, 4.69) is 38.4 Å². The van der Waals surface area contributed by atoms with E-state index in [1.165, 1.54) is 0 Å². The summed E-state index contributed by atoms with van der Waals surface area (Å²) in [6, 6.07) is 0. The average Bonchev–Trinajstić information content (AvgIpc) is 2.72. The number of hydrogen-bond acceptors (Lipinski definition) is 4. The highest BCUT2D eigenvalue weighted by molar-refractivity contribution is 7.71. The second-order valence-corrected chi connectivity index (χ2v) is 4.79. The summed E-state index contributed by atoms with van der Waals surface area (Å²) in [7, 11) is 0. The Kier molecular flexibility index (Phi) is 4.17. The minimum absolute atomic E-state index is 0.736. The number of piperazine rings is 1. The quantitative estimate of drug-likeness (QED) is 0.828. The molecule has 0 spiro atoms. The zero-order valence-electron chi connectivity index (χ0n) is 10.6. The number of rotatable bonds is 4. The number of nitrogens with one attached hydrogen (secondary N) is 1. The molecule has 1 fully saturated rings. The standard InChI is InChI=1S/C11H21N5S/c1-3-5-16-10(12-13-11(16)17)15-8-6-14(4-2)7-9-15/h3-9H2,1-2H3,(H,13,17). The van der Waals surface area contributed by atoms with Gasteiger partial charge in [-0.1, -0.05) is 13.8 Å². The van der Waals surface area contributed by atoms with E-state index in [9.17, 15) is 0 Å². The van der Waals surface area contributed by atoms with Crippen LogP contribution in [0, 0.1) is 4.77 Å². The van der Waals surface area contributed by atoms with Crippen LogP contribution in [0.2, 0.25) is 0 Å². The topological polar surface area (TPSA) is 40.1 Å². The molecule has 0 atom stereocenters. The first kappa shape index (κ1) is 12.6. The van der Waals surface area contributed by atoms with Crippen LogP contribution in [0.3, 0.4) is 0 Å². The summed E-state index contributed by atoms with van der Waals surface area (Å²) in [5.41, 5.74) is 0. The van der Waals surface area contributed by atoms with Crippen LogP contribution in [0.25, 0.3) is 0 Å².